The van der Waals surface area contributed by atoms with Gasteiger partial charge in [0, 0.05) is 17.3 Å². The van der Waals surface area contributed by atoms with Crippen molar-refractivity contribution in [3.05, 3.63) is 197 Å². The van der Waals surface area contributed by atoms with Crippen LogP contribution >= 0.6 is 0 Å². The number of rotatable bonds is 4. The van der Waals surface area contributed by atoms with E-state index in [0.717, 1.165) is 39.6 Å². The van der Waals surface area contributed by atoms with Crippen molar-refractivity contribution in [3.63, 3.8) is 0 Å². The number of benzene rings is 7. The Balaban J connectivity index is 1.35. The number of anilines is 3. The van der Waals surface area contributed by atoms with Gasteiger partial charge in [0.15, 0.2) is 0 Å². The molecule has 0 N–H and O–H groups in total. The quantitative estimate of drug-likeness (QED) is 0.191. The average Bonchev–Trinajstić information content (AvgIpc) is 3.56. The molecule has 0 saturated heterocycles. The first-order valence-electron chi connectivity index (χ1n) is 15.6. The molecule has 0 aromatic heterocycles. The third kappa shape index (κ3) is 3.98. The van der Waals surface area contributed by atoms with Crippen molar-refractivity contribution >= 4 is 17.1 Å². The van der Waals surface area contributed by atoms with Crippen LogP contribution in [0.4, 0.5) is 30.2 Å². The van der Waals surface area contributed by atoms with Gasteiger partial charge in [-0.2, -0.15) is 0 Å². The smallest absolute Gasteiger partial charge is 0.128 e. The number of hydrogen-bond donors (Lipinski definition) is 0. The van der Waals surface area contributed by atoms with Crippen LogP contribution in [0.2, 0.25) is 0 Å². The molecular weight excluding hydrogens is 587 g/mol. The number of halogens is 3. The highest BCUT2D eigenvalue weighted by Gasteiger charge is 2.51. The van der Waals surface area contributed by atoms with Crippen LogP contribution in [0.3, 0.4) is 0 Å². The normalized spacial score (nSPS) is 13.2. The molecule has 0 bridgehead atoms. The number of fused-ring (bicyclic) bond motifs is 10. The molecule has 0 amide bonds. The Hall–Kier alpha value is -5.87. The van der Waals surface area contributed by atoms with E-state index in [9.17, 15) is 13.2 Å². The van der Waals surface area contributed by atoms with Gasteiger partial charge in [0.05, 0.1) is 16.8 Å². The molecule has 0 unspecified atom stereocenters. The minimum atomic E-state index is -0.673. The summed E-state index contributed by atoms with van der Waals surface area (Å²) in [6, 6.07) is 49.6. The lowest BCUT2D eigenvalue weighted by Gasteiger charge is -2.32. The fourth-order valence-corrected chi connectivity index (χ4v) is 7.86. The molecule has 0 radical (unpaired) electrons. The molecule has 0 aliphatic heterocycles. The van der Waals surface area contributed by atoms with E-state index < -0.39 is 17.0 Å². The van der Waals surface area contributed by atoms with Crippen LogP contribution in [0.15, 0.2) is 158 Å². The summed E-state index contributed by atoms with van der Waals surface area (Å²) in [6.45, 7) is 0. The van der Waals surface area contributed by atoms with Crippen molar-refractivity contribution in [2.24, 2.45) is 0 Å². The molecule has 224 valence electrons. The molecule has 47 heavy (non-hydrogen) atoms. The van der Waals surface area contributed by atoms with Crippen molar-refractivity contribution in [1.82, 2.24) is 0 Å². The van der Waals surface area contributed by atoms with Gasteiger partial charge in [0.1, 0.15) is 17.5 Å². The highest BCUT2D eigenvalue weighted by Crippen LogP contribution is 2.63. The van der Waals surface area contributed by atoms with Crippen molar-refractivity contribution in [3.8, 4) is 33.4 Å². The summed E-state index contributed by atoms with van der Waals surface area (Å²) in [5.41, 5.74) is 12.2. The van der Waals surface area contributed by atoms with E-state index >= 15 is 0 Å². The summed E-state index contributed by atoms with van der Waals surface area (Å²) >= 11 is 0. The van der Waals surface area contributed by atoms with Crippen LogP contribution < -0.4 is 4.90 Å². The Labute approximate surface area is 270 Å². The minimum absolute atomic E-state index is 0.337. The standard InChI is InChI=1S/C43H26F3N/c44-28-19-17-27(18-20-28)33-9-4-8-16-42(33)47(32-24-29(45)23-30(46)25-32)31-21-22-37-36-12-3-7-15-40(36)43(41(37)26-31)38-13-5-1-10-34(38)35-11-2-6-14-39(35)43/h1-26H. The Morgan fingerprint density at radius 3 is 1.43 bits per heavy atom. The van der Waals surface area contributed by atoms with Crippen LogP contribution in [0.5, 0.6) is 0 Å². The molecule has 0 atom stereocenters. The average molecular weight is 614 g/mol. The summed E-state index contributed by atoms with van der Waals surface area (Å²) in [7, 11) is 0. The zero-order valence-corrected chi connectivity index (χ0v) is 25.1. The lowest BCUT2D eigenvalue weighted by atomic mass is 9.70. The van der Waals surface area contributed by atoms with Gasteiger partial charge in [-0.15, -0.1) is 0 Å². The minimum Gasteiger partial charge on any atom is -0.310 e. The number of nitrogens with zero attached hydrogens (tertiary/aromatic N) is 1. The summed E-state index contributed by atoms with van der Waals surface area (Å²) in [4.78, 5) is 1.90. The van der Waals surface area contributed by atoms with Gasteiger partial charge < -0.3 is 4.90 Å². The summed E-state index contributed by atoms with van der Waals surface area (Å²) in [6.07, 6.45) is 0. The second-order valence-electron chi connectivity index (χ2n) is 12.1. The van der Waals surface area contributed by atoms with Crippen LogP contribution in [-0.4, -0.2) is 0 Å². The molecule has 2 aliphatic rings. The van der Waals surface area contributed by atoms with E-state index in [1.165, 1.54) is 52.1 Å². The Bertz CT molecular complexity index is 2270. The molecule has 9 rings (SSSR count). The van der Waals surface area contributed by atoms with E-state index in [4.69, 9.17) is 0 Å². The third-order valence-corrected chi connectivity index (χ3v) is 9.64. The van der Waals surface area contributed by atoms with Gasteiger partial charge in [-0.05, 0) is 92.5 Å². The zero-order chi connectivity index (χ0) is 31.7. The topological polar surface area (TPSA) is 3.24 Å². The molecule has 0 saturated carbocycles. The maximum absolute atomic E-state index is 14.9. The summed E-state index contributed by atoms with van der Waals surface area (Å²) < 4.78 is 43.9. The second-order valence-corrected chi connectivity index (χ2v) is 12.1. The summed E-state index contributed by atoms with van der Waals surface area (Å²) in [5, 5.41) is 0. The lowest BCUT2D eigenvalue weighted by Crippen LogP contribution is -2.26. The third-order valence-electron chi connectivity index (χ3n) is 9.64. The first-order valence-corrected chi connectivity index (χ1v) is 15.6. The molecule has 0 fully saturated rings. The maximum atomic E-state index is 14.9. The fraction of sp³-hybridized carbons (Fsp3) is 0.0233. The van der Waals surface area contributed by atoms with Gasteiger partial charge in [-0.1, -0.05) is 109 Å². The van der Waals surface area contributed by atoms with Crippen LogP contribution in [0.25, 0.3) is 33.4 Å². The molecule has 1 spiro atoms. The van der Waals surface area contributed by atoms with Crippen molar-refractivity contribution < 1.29 is 13.2 Å². The Morgan fingerprint density at radius 1 is 0.362 bits per heavy atom. The molecule has 0 heterocycles. The molecule has 7 aromatic carbocycles. The molecule has 7 aromatic rings. The van der Waals surface area contributed by atoms with E-state index in [1.54, 1.807) is 12.1 Å². The highest BCUT2D eigenvalue weighted by molar-refractivity contribution is 5.97. The van der Waals surface area contributed by atoms with E-state index in [0.29, 0.717) is 11.4 Å². The number of para-hydroxylation sites is 1. The monoisotopic (exact) mass is 613 g/mol. The van der Waals surface area contributed by atoms with Crippen molar-refractivity contribution in [1.29, 1.82) is 0 Å². The first kappa shape index (κ1) is 27.4. The van der Waals surface area contributed by atoms with Gasteiger partial charge in [-0.3, -0.25) is 0 Å². The molecule has 4 heteroatoms. The SMILES string of the molecule is Fc1ccc(-c2ccccc2N(c2cc(F)cc(F)c2)c2ccc3c(c2)C2(c4ccccc4-c4ccccc42)c2ccccc2-3)cc1. The van der Waals surface area contributed by atoms with Crippen molar-refractivity contribution in [2.45, 2.75) is 5.41 Å². The Morgan fingerprint density at radius 2 is 0.851 bits per heavy atom. The van der Waals surface area contributed by atoms with Crippen LogP contribution in [0.1, 0.15) is 22.3 Å². The van der Waals surface area contributed by atoms with Crippen LogP contribution in [-0.2, 0) is 5.41 Å². The predicted molar refractivity (Wildman–Crippen MR) is 183 cm³/mol. The molecule has 1 nitrogen and oxygen atoms in total. The zero-order valence-electron chi connectivity index (χ0n) is 25.1. The van der Waals surface area contributed by atoms with Gasteiger partial charge in [0.2, 0.25) is 0 Å². The van der Waals surface area contributed by atoms with Gasteiger partial charge in [-0.25, -0.2) is 13.2 Å². The summed E-state index contributed by atoms with van der Waals surface area (Å²) in [5.74, 6) is -1.68. The van der Waals surface area contributed by atoms with E-state index in [2.05, 4.69) is 84.9 Å². The van der Waals surface area contributed by atoms with Gasteiger partial charge in [0.25, 0.3) is 0 Å². The fourth-order valence-electron chi connectivity index (χ4n) is 7.86. The van der Waals surface area contributed by atoms with E-state index in [1.807, 2.05) is 35.2 Å². The molecular formula is C43H26F3N. The second kappa shape index (κ2) is 10.3. The van der Waals surface area contributed by atoms with Crippen molar-refractivity contribution in [2.75, 3.05) is 4.90 Å². The first-order chi connectivity index (χ1) is 23.0. The Kier molecular flexibility index (Phi) is 6.03. The van der Waals surface area contributed by atoms with Gasteiger partial charge >= 0.3 is 0 Å². The molecule has 2 aliphatic carbocycles. The predicted octanol–water partition coefficient (Wildman–Crippen LogP) is 11.6. The maximum Gasteiger partial charge on any atom is 0.128 e. The van der Waals surface area contributed by atoms with Crippen LogP contribution in [0, 0.1) is 17.5 Å². The van der Waals surface area contributed by atoms with E-state index in [-0.39, 0.29) is 5.82 Å². The largest absolute Gasteiger partial charge is 0.310 e. The highest BCUT2D eigenvalue weighted by atomic mass is 19.1. The lowest BCUT2D eigenvalue weighted by molar-refractivity contribution is 0.584. The number of hydrogen-bond acceptors (Lipinski definition) is 1.